The van der Waals surface area contributed by atoms with Gasteiger partial charge < -0.3 is 9.22 Å². The van der Waals surface area contributed by atoms with E-state index >= 15 is 0 Å². The van der Waals surface area contributed by atoms with Crippen molar-refractivity contribution in [3.63, 3.8) is 0 Å². The van der Waals surface area contributed by atoms with E-state index in [9.17, 15) is 4.79 Å². The molecule has 0 bridgehead atoms. The number of nitrogens with zero attached hydrogens (tertiary/aromatic N) is 1. The van der Waals surface area contributed by atoms with Crippen LogP contribution < -0.4 is 0 Å². The van der Waals surface area contributed by atoms with Gasteiger partial charge in [-0.3, -0.25) is 0 Å². The highest BCUT2D eigenvalue weighted by atomic mass is 16.5. The Labute approximate surface area is 154 Å². The molecule has 1 aliphatic rings. The third-order valence-electron chi connectivity index (χ3n) is 5.45. The highest BCUT2D eigenvalue weighted by Gasteiger charge is 2.33. The van der Waals surface area contributed by atoms with Crippen molar-refractivity contribution in [2.45, 2.75) is 64.4 Å². The number of rotatable bonds is 9. The van der Waals surface area contributed by atoms with E-state index in [1.54, 1.807) is 0 Å². The van der Waals surface area contributed by atoms with Gasteiger partial charge in [0.2, 0.25) is 0 Å². The van der Waals surface area contributed by atoms with E-state index in [2.05, 4.69) is 21.0 Å². The van der Waals surface area contributed by atoms with Gasteiger partial charge in [0, 0.05) is 5.92 Å². The summed E-state index contributed by atoms with van der Waals surface area (Å²) >= 11 is 0. The number of carbonyl (C=O) groups is 1. The van der Waals surface area contributed by atoms with Crippen molar-refractivity contribution in [1.29, 1.82) is 0 Å². The molecule has 0 unspecified atom stereocenters. The highest BCUT2D eigenvalue weighted by molar-refractivity contribution is 5.89. The van der Waals surface area contributed by atoms with Gasteiger partial charge in [-0.2, -0.15) is 0 Å². The van der Waals surface area contributed by atoms with Gasteiger partial charge in [-0.15, -0.1) is 0 Å². The van der Waals surface area contributed by atoms with Crippen LogP contribution in [0, 0.1) is 5.92 Å². The molecule has 0 aromatic heterocycles. The molecule has 0 N–H and O–H groups in total. The highest BCUT2D eigenvalue weighted by Crippen LogP contribution is 2.29. The minimum absolute atomic E-state index is 0.0782. The minimum atomic E-state index is -0.161. The van der Waals surface area contributed by atoms with Crippen LogP contribution in [0.2, 0.25) is 0 Å². The van der Waals surface area contributed by atoms with Gasteiger partial charge in [-0.1, -0.05) is 44.4 Å². The number of ether oxygens (including phenoxy) is 1. The molecule has 3 heteroatoms. The van der Waals surface area contributed by atoms with Gasteiger partial charge in [0.1, 0.15) is 6.10 Å². The fourth-order valence-corrected chi connectivity index (χ4v) is 4.01. The van der Waals surface area contributed by atoms with E-state index in [1.165, 1.54) is 51.5 Å². The van der Waals surface area contributed by atoms with Crippen molar-refractivity contribution < 1.29 is 14.0 Å². The molecule has 25 heavy (non-hydrogen) atoms. The third-order valence-corrected chi connectivity index (χ3v) is 5.45. The van der Waals surface area contributed by atoms with Gasteiger partial charge in [0.15, 0.2) is 0 Å². The number of esters is 1. The Hall–Kier alpha value is -1.35. The molecule has 2 rings (SSSR count). The molecule has 1 fully saturated rings. The molecule has 0 spiro atoms. The Kier molecular flexibility index (Phi) is 7.95. The predicted octanol–water partition coefficient (Wildman–Crippen LogP) is 5.06. The molecule has 0 saturated heterocycles. The topological polar surface area (TPSA) is 26.3 Å². The van der Waals surface area contributed by atoms with Gasteiger partial charge in [-0.25, -0.2) is 4.79 Å². The van der Waals surface area contributed by atoms with Crippen LogP contribution in [0.25, 0.3) is 0 Å². The molecule has 0 aliphatic heterocycles. The number of hydrogen-bond acceptors (Lipinski definition) is 2. The summed E-state index contributed by atoms with van der Waals surface area (Å²) in [7, 11) is 4.66. The van der Waals surface area contributed by atoms with Crippen LogP contribution in [0.15, 0.2) is 30.3 Å². The van der Waals surface area contributed by atoms with E-state index in [-0.39, 0.29) is 12.1 Å². The lowest BCUT2D eigenvalue weighted by Crippen LogP contribution is -2.48. The number of benzene rings is 1. The third kappa shape index (κ3) is 6.81. The van der Waals surface area contributed by atoms with Crippen LogP contribution in [0.5, 0.6) is 0 Å². The molecule has 1 aliphatic carbocycles. The van der Waals surface area contributed by atoms with Crippen LogP contribution in [0.4, 0.5) is 0 Å². The van der Waals surface area contributed by atoms with E-state index in [0.29, 0.717) is 11.5 Å². The Morgan fingerprint density at radius 1 is 1.08 bits per heavy atom. The number of carbonyl (C=O) groups excluding carboxylic acids is 1. The molecule has 0 amide bonds. The Morgan fingerprint density at radius 2 is 1.80 bits per heavy atom. The summed E-state index contributed by atoms with van der Waals surface area (Å²) in [5.41, 5.74) is 0.667. The van der Waals surface area contributed by atoms with Gasteiger partial charge in [-0.05, 0) is 44.2 Å². The van der Waals surface area contributed by atoms with Crippen LogP contribution in [-0.4, -0.2) is 43.7 Å². The molecule has 1 aromatic carbocycles. The average molecular weight is 347 g/mol. The first kappa shape index (κ1) is 20.0. The van der Waals surface area contributed by atoms with E-state index in [0.717, 1.165) is 17.4 Å². The molecule has 140 valence electrons. The second-order valence-electron chi connectivity index (χ2n) is 8.26. The van der Waals surface area contributed by atoms with Crippen molar-refractivity contribution in [2.24, 2.45) is 5.92 Å². The van der Waals surface area contributed by atoms with E-state index < -0.39 is 0 Å². The van der Waals surface area contributed by atoms with Crippen LogP contribution >= 0.6 is 0 Å². The zero-order valence-corrected chi connectivity index (χ0v) is 16.4. The summed E-state index contributed by atoms with van der Waals surface area (Å²) < 4.78 is 6.97. The normalized spacial score (nSPS) is 21.1. The number of hydrogen-bond donors (Lipinski definition) is 0. The lowest BCUT2D eigenvalue weighted by Gasteiger charge is -2.38. The van der Waals surface area contributed by atoms with Crippen LogP contribution in [-0.2, 0) is 4.74 Å². The molecule has 1 aromatic rings. The maximum atomic E-state index is 12.4. The van der Waals surface area contributed by atoms with Crippen molar-refractivity contribution in [3.8, 4) is 0 Å². The molecular weight excluding hydrogens is 310 g/mol. The summed E-state index contributed by atoms with van der Waals surface area (Å²) in [5, 5.41) is 0. The molecular formula is C22H36NO2+. The lowest BCUT2D eigenvalue weighted by molar-refractivity contribution is -0.894. The molecule has 3 nitrogen and oxygen atoms in total. The first-order chi connectivity index (χ1) is 12.0. The molecule has 0 heterocycles. The predicted molar refractivity (Wildman–Crippen MR) is 104 cm³/mol. The van der Waals surface area contributed by atoms with Crippen molar-refractivity contribution in [3.05, 3.63) is 35.9 Å². The Morgan fingerprint density at radius 3 is 2.52 bits per heavy atom. The maximum Gasteiger partial charge on any atom is 0.338 e. The van der Waals surface area contributed by atoms with Crippen LogP contribution in [0.1, 0.15) is 68.6 Å². The number of unbranched alkanes of at least 4 members (excludes halogenated alkanes) is 3. The summed E-state index contributed by atoms with van der Waals surface area (Å²) in [6.07, 6.45) is 9.95. The maximum absolute atomic E-state index is 12.4. The zero-order chi connectivity index (χ0) is 18.1. The fraction of sp³-hybridized carbons (Fsp3) is 0.682. The monoisotopic (exact) mass is 346 g/mol. The SMILES string of the molecule is CCCCCC[N+](C)(C)C[C@@H]1CCCC[C@H]1OC(=O)c1ccccc1. The average Bonchev–Trinajstić information content (AvgIpc) is 2.61. The smallest absolute Gasteiger partial charge is 0.338 e. The standard InChI is InChI=1S/C22H36NO2/c1-4-5-6-12-17-23(2,3)18-20-15-10-11-16-21(20)25-22(24)19-13-8-7-9-14-19/h7-9,13-14,20-21H,4-6,10-12,15-18H2,1-3H3/q+1/t20-,21+/m0/s1. The molecule has 0 radical (unpaired) electrons. The second kappa shape index (κ2) is 9.96. The number of quaternary nitrogens is 1. The van der Waals surface area contributed by atoms with Crippen molar-refractivity contribution >= 4 is 5.97 Å². The summed E-state index contributed by atoms with van der Waals surface area (Å²) in [5.74, 6) is 0.327. The fourth-order valence-electron chi connectivity index (χ4n) is 4.01. The zero-order valence-electron chi connectivity index (χ0n) is 16.4. The van der Waals surface area contributed by atoms with Gasteiger partial charge in [0.05, 0.1) is 32.7 Å². The molecule has 1 saturated carbocycles. The minimum Gasteiger partial charge on any atom is -0.458 e. The van der Waals surface area contributed by atoms with Crippen LogP contribution in [0.3, 0.4) is 0 Å². The van der Waals surface area contributed by atoms with Crippen molar-refractivity contribution in [2.75, 3.05) is 27.2 Å². The lowest BCUT2D eigenvalue weighted by atomic mass is 9.85. The Bertz CT molecular complexity index is 512. The summed E-state index contributed by atoms with van der Waals surface area (Å²) in [4.78, 5) is 12.4. The Balaban J connectivity index is 1.90. The first-order valence-electron chi connectivity index (χ1n) is 10.1. The van der Waals surface area contributed by atoms with E-state index in [1.807, 2.05) is 30.3 Å². The summed E-state index contributed by atoms with van der Waals surface area (Å²) in [6.45, 7) is 4.59. The molecule has 2 atom stereocenters. The quantitative estimate of drug-likeness (QED) is 0.355. The van der Waals surface area contributed by atoms with E-state index in [4.69, 9.17) is 4.74 Å². The first-order valence-corrected chi connectivity index (χ1v) is 10.1. The second-order valence-corrected chi connectivity index (χ2v) is 8.26. The van der Waals surface area contributed by atoms with Gasteiger partial charge in [0.25, 0.3) is 0 Å². The van der Waals surface area contributed by atoms with Gasteiger partial charge >= 0.3 is 5.97 Å². The summed E-state index contributed by atoms with van der Waals surface area (Å²) in [6, 6.07) is 9.40. The largest absolute Gasteiger partial charge is 0.458 e. The van der Waals surface area contributed by atoms with Crippen molar-refractivity contribution in [1.82, 2.24) is 0 Å².